The average molecular weight is 707 g/mol. The summed E-state index contributed by atoms with van der Waals surface area (Å²) in [5.74, 6) is -1.43. The molecule has 7 nitrogen and oxygen atoms in total. The van der Waals surface area contributed by atoms with Gasteiger partial charge in [0.25, 0.3) is 13.8 Å². The fraction of sp³-hybridized carbons (Fsp3) is 1.00. The van der Waals surface area contributed by atoms with Gasteiger partial charge in [-0.05, 0) is 12.8 Å². The van der Waals surface area contributed by atoms with Gasteiger partial charge in [0.1, 0.15) is 19.3 Å². The highest BCUT2D eigenvalue weighted by atomic mass is 31.2. The van der Waals surface area contributed by atoms with Gasteiger partial charge < -0.3 is 24.0 Å². The third kappa shape index (κ3) is 34.6. The van der Waals surface area contributed by atoms with Crippen molar-refractivity contribution in [2.75, 3.05) is 54.1 Å². The Morgan fingerprint density at radius 1 is 0.521 bits per heavy atom. The van der Waals surface area contributed by atoms with Gasteiger partial charge >= 0.3 is 0 Å². The minimum atomic E-state index is -4.18. The molecular weight excluding hydrogens is 621 g/mol. The lowest BCUT2D eigenvalue weighted by molar-refractivity contribution is -0.872. The van der Waals surface area contributed by atoms with E-state index in [1.807, 2.05) is 21.1 Å². The van der Waals surface area contributed by atoms with Crippen molar-refractivity contribution >= 4 is 7.94 Å². The van der Waals surface area contributed by atoms with Crippen LogP contribution < -0.4 is 4.89 Å². The maximum absolute atomic E-state index is 12.7. The molecule has 0 fully saturated rings. The molecule has 0 amide bonds. The van der Waals surface area contributed by atoms with Gasteiger partial charge in [0.05, 0.1) is 27.7 Å². The van der Waals surface area contributed by atoms with Gasteiger partial charge in [-0.15, -0.1) is 0 Å². The Morgan fingerprint density at radius 3 is 1.21 bits per heavy atom. The second kappa shape index (κ2) is 34.2. The van der Waals surface area contributed by atoms with E-state index >= 15 is 0 Å². The molecule has 0 aliphatic carbocycles. The van der Waals surface area contributed by atoms with Crippen LogP contribution in [0.4, 0.5) is 0 Å². The molecule has 0 aromatic heterocycles. The summed E-state index contributed by atoms with van der Waals surface area (Å²) in [4.78, 5) is 23.1. The predicted octanol–water partition coefficient (Wildman–Crippen LogP) is 10.5. The highest BCUT2D eigenvalue weighted by Gasteiger charge is 2.40. The Hall–Kier alpha value is 0.150. The number of aliphatic hydroxyl groups excluding tert-OH is 1. The summed E-state index contributed by atoms with van der Waals surface area (Å²) in [7, 11) is 1.43. The van der Waals surface area contributed by atoms with Gasteiger partial charge in [-0.3, -0.25) is 0 Å². The topological polar surface area (TPSA) is 91.2 Å². The summed E-state index contributed by atoms with van der Waals surface area (Å²) in [6.45, 7) is 6.22. The molecule has 0 aromatic carbocycles. The van der Waals surface area contributed by atoms with Crippen LogP contribution in [-0.2, 0) is 14.0 Å². The Morgan fingerprint density at radius 2 is 0.854 bits per heavy atom. The van der Waals surface area contributed by atoms with Crippen LogP contribution in [0.5, 0.6) is 0 Å². The first-order valence-electron chi connectivity index (χ1n) is 20.8. The van der Waals surface area contributed by atoms with Crippen LogP contribution in [0.2, 0.25) is 0 Å². The molecule has 0 saturated heterocycles. The lowest BCUT2D eigenvalue weighted by Gasteiger charge is -2.32. The number of unbranched alkanes of at least 4 members (excludes halogenated alkanes) is 26. The number of quaternary nitrogens is 1. The van der Waals surface area contributed by atoms with Crippen molar-refractivity contribution < 1.29 is 33.4 Å². The molecule has 0 rings (SSSR count). The second-order valence-electron chi connectivity index (χ2n) is 15.6. The van der Waals surface area contributed by atoms with Crippen molar-refractivity contribution in [2.45, 2.75) is 206 Å². The highest BCUT2D eigenvalue weighted by Crippen LogP contribution is 2.51. The van der Waals surface area contributed by atoms with Gasteiger partial charge in [-0.1, -0.05) is 181 Å². The summed E-state index contributed by atoms with van der Waals surface area (Å²) < 4.78 is 17.8. The van der Waals surface area contributed by atoms with Crippen molar-refractivity contribution in [1.82, 2.24) is 0 Å². The Kier molecular flexibility index (Phi) is 34.4. The largest absolute Gasteiger partial charge is 0.629 e. The zero-order valence-corrected chi connectivity index (χ0v) is 33.8. The normalized spacial score (nSPS) is 14.8. The lowest BCUT2D eigenvalue weighted by atomic mass is 10.0. The number of rotatable bonds is 39. The monoisotopic (exact) mass is 707 g/mol. The molecule has 0 aromatic rings. The molecule has 2 unspecified atom stereocenters. The van der Waals surface area contributed by atoms with E-state index in [0.717, 1.165) is 19.3 Å². The fourth-order valence-corrected chi connectivity index (χ4v) is 7.42. The van der Waals surface area contributed by atoms with Crippen LogP contribution in [0.15, 0.2) is 0 Å². The molecule has 2 N–H and O–H groups in total. The van der Waals surface area contributed by atoms with E-state index in [1.165, 1.54) is 161 Å². The van der Waals surface area contributed by atoms with Crippen LogP contribution in [0.25, 0.3) is 0 Å². The zero-order valence-electron chi connectivity index (χ0n) is 32.9. The van der Waals surface area contributed by atoms with Crippen LogP contribution >= 0.6 is 7.94 Å². The fourth-order valence-electron chi connectivity index (χ4n) is 6.17. The molecule has 48 heavy (non-hydrogen) atoms. The molecule has 0 spiro atoms. The molecule has 0 bridgehead atoms. The molecule has 8 heteroatoms. The average Bonchev–Trinajstić information content (AvgIpc) is 3.04. The van der Waals surface area contributed by atoms with Crippen molar-refractivity contribution in [2.24, 2.45) is 0 Å². The summed E-state index contributed by atoms with van der Waals surface area (Å²) in [6, 6.07) is 0. The molecule has 0 aliphatic rings. The molecule has 0 radical (unpaired) electrons. The van der Waals surface area contributed by atoms with Crippen LogP contribution in [-0.4, -0.2) is 80.5 Å². The van der Waals surface area contributed by atoms with E-state index in [9.17, 15) is 14.9 Å². The summed E-state index contributed by atoms with van der Waals surface area (Å²) in [6.07, 6.45) is 36.5. The van der Waals surface area contributed by atoms with E-state index < -0.39 is 19.9 Å². The van der Waals surface area contributed by atoms with E-state index in [0.29, 0.717) is 24.3 Å². The summed E-state index contributed by atoms with van der Waals surface area (Å²) in [5, 5.41) is 10.3. The molecule has 0 heterocycles. The van der Waals surface area contributed by atoms with E-state index in [-0.39, 0.29) is 13.2 Å². The van der Waals surface area contributed by atoms with Crippen LogP contribution in [0, 0.1) is 0 Å². The minimum absolute atomic E-state index is 0.0562. The number of aliphatic hydroxyl groups is 1. The van der Waals surface area contributed by atoms with Gasteiger partial charge in [-0.2, -0.15) is 0 Å². The van der Waals surface area contributed by atoms with Gasteiger partial charge in [0, 0.05) is 13.2 Å². The van der Waals surface area contributed by atoms with Gasteiger partial charge in [0.2, 0.25) is 0 Å². The quantitative estimate of drug-likeness (QED) is 0.0376. The van der Waals surface area contributed by atoms with E-state index in [4.69, 9.17) is 14.0 Å². The summed E-state index contributed by atoms with van der Waals surface area (Å²) in [5.41, 5.74) is 0. The minimum Gasteiger partial charge on any atom is -0.629 e. The van der Waals surface area contributed by atoms with Crippen molar-refractivity contribution in [3.8, 4) is 0 Å². The Labute approximate surface area is 300 Å². The van der Waals surface area contributed by atoms with Crippen LogP contribution in [0.1, 0.15) is 194 Å². The summed E-state index contributed by atoms with van der Waals surface area (Å²) >= 11 is 0. The first kappa shape index (κ1) is 48.1. The smallest absolute Gasteiger partial charge is 0.269 e. The van der Waals surface area contributed by atoms with Gasteiger partial charge in [-0.25, -0.2) is 9.42 Å². The standard InChI is InChI=1S/C40H84NO6P/c1-6-8-10-12-14-16-18-20-22-24-26-28-30-32-34-45-37-39(38-47-48(43,44)40(42)36-41(3,4)5)46-35-33-31-29-27-25-23-21-19-17-15-13-11-9-7-2/h39-40,42H,6-38H2,1-5H3/p+1/t39-,40?/m1/s1. The van der Waals surface area contributed by atoms with E-state index in [1.54, 1.807) is 0 Å². The third-order valence-electron chi connectivity index (χ3n) is 9.33. The van der Waals surface area contributed by atoms with E-state index in [2.05, 4.69) is 13.8 Å². The van der Waals surface area contributed by atoms with Crippen molar-refractivity contribution in [3.05, 3.63) is 0 Å². The number of hydrogen-bond donors (Lipinski definition) is 2. The SMILES string of the molecule is CCCCCCCCCCCCCCCCOC[C@H](CO[P+]([O-])(O)C(O)C[N+](C)(C)C)OCCCCCCCCCCCCCCCC. The molecule has 3 atom stereocenters. The zero-order chi connectivity index (χ0) is 35.6. The highest BCUT2D eigenvalue weighted by molar-refractivity contribution is 7.58. The predicted molar refractivity (Wildman–Crippen MR) is 205 cm³/mol. The second-order valence-corrected chi connectivity index (χ2v) is 17.6. The molecule has 0 saturated carbocycles. The van der Waals surface area contributed by atoms with Gasteiger partial charge in [0.15, 0.2) is 0 Å². The maximum atomic E-state index is 12.7. The number of likely N-dealkylation sites (N-methyl/N-ethyl adjacent to an activating group) is 1. The van der Waals surface area contributed by atoms with Crippen molar-refractivity contribution in [3.63, 3.8) is 0 Å². The van der Waals surface area contributed by atoms with Crippen LogP contribution in [0.3, 0.4) is 0 Å². The Bertz CT molecular complexity index is 648. The number of ether oxygens (including phenoxy) is 2. The maximum Gasteiger partial charge on any atom is 0.269 e. The molecular formula is C40H85NO6P+. The number of nitrogens with zero attached hydrogens (tertiary/aromatic N) is 1. The van der Waals surface area contributed by atoms with Crippen molar-refractivity contribution in [1.29, 1.82) is 0 Å². The number of hydrogen-bond acceptors (Lipinski definition) is 6. The Balaban J connectivity index is 4.14. The molecule has 0 aliphatic heterocycles. The molecule has 290 valence electrons. The third-order valence-corrected chi connectivity index (χ3v) is 10.8. The lowest BCUT2D eigenvalue weighted by Crippen LogP contribution is -2.44. The first-order chi connectivity index (χ1) is 23.1. The first-order valence-corrected chi connectivity index (χ1v) is 22.4.